The number of thioether (sulfide) groups is 1. The van der Waals surface area contributed by atoms with E-state index in [0.717, 1.165) is 6.20 Å². The Morgan fingerprint density at radius 2 is 1.82 bits per heavy atom. The number of rotatable bonds is 4. The number of nitrogens with zero attached hydrogens (tertiary/aromatic N) is 2. The second-order valence-corrected chi connectivity index (χ2v) is 11.0. The molecule has 1 aromatic carbocycles. The molecule has 2 saturated heterocycles. The van der Waals surface area contributed by atoms with Gasteiger partial charge in [-0.2, -0.15) is 38.1 Å². The number of nitrogens with one attached hydrogen (secondary N) is 1. The van der Waals surface area contributed by atoms with Crippen LogP contribution in [0.15, 0.2) is 36.5 Å². The van der Waals surface area contributed by atoms with Crippen LogP contribution < -0.4 is 5.48 Å². The van der Waals surface area contributed by atoms with Crippen LogP contribution in [0.25, 0.3) is 5.70 Å². The molecule has 0 saturated carbocycles. The number of carbonyl (C=O) groups excluding carboxylic acids is 1. The summed E-state index contributed by atoms with van der Waals surface area (Å²) in [6.45, 7) is -0.362. The molecule has 2 aromatic rings. The zero-order valence-electron chi connectivity index (χ0n) is 18.9. The maximum Gasteiger partial charge on any atom is 0.428 e. The van der Waals surface area contributed by atoms with Crippen molar-refractivity contribution < 1.29 is 40.4 Å². The molecule has 1 amide bonds. The molecule has 5 rings (SSSR count). The molecule has 38 heavy (non-hydrogen) atoms. The lowest BCUT2D eigenvalue weighted by Gasteiger charge is -2.46. The Morgan fingerprint density at radius 1 is 1.13 bits per heavy atom. The standard InChI is InChI=1S/C23H16Cl2F7N3O2S/c24-15-4-13(3-14(18(15)25)22(27,28)29)21(23(30,31)32)5-16(34-37-21)11-1-2-17(33-6-11)20(26)9-35(10-20)19(36)12-7-38-8-12/h1-6,12,34H,7-10H2. The van der Waals surface area contributed by atoms with Crippen LogP contribution in [0.1, 0.15) is 22.4 Å². The smallest absolute Gasteiger partial charge is 0.335 e. The molecule has 2 fully saturated rings. The molecule has 0 spiro atoms. The minimum atomic E-state index is -5.22. The van der Waals surface area contributed by atoms with Crippen molar-refractivity contribution in [3.63, 3.8) is 0 Å². The summed E-state index contributed by atoms with van der Waals surface area (Å²) >= 11 is 13.0. The van der Waals surface area contributed by atoms with Gasteiger partial charge in [-0.1, -0.05) is 23.2 Å². The van der Waals surface area contributed by atoms with Crippen LogP contribution in [0.2, 0.25) is 10.0 Å². The fourth-order valence-electron chi connectivity index (χ4n) is 4.33. The summed E-state index contributed by atoms with van der Waals surface area (Å²) < 4.78 is 98.2. The fraction of sp³-hybridized carbons (Fsp3) is 0.391. The highest BCUT2D eigenvalue weighted by atomic mass is 35.5. The molecule has 5 nitrogen and oxygen atoms in total. The molecular formula is C23H16Cl2F7N3O2S. The summed E-state index contributed by atoms with van der Waals surface area (Å²) in [4.78, 5) is 22.5. The van der Waals surface area contributed by atoms with Crippen LogP contribution in [0.3, 0.4) is 0 Å². The van der Waals surface area contributed by atoms with Crippen LogP contribution in [0, 0.1) is 5.92 Å². The number of benzene rings is 1. The van der Waals surface area contributed by atoms with Gasteiger partial charge in [0.25, 0.3) is 0 Å². The van der Waals surface area contributed by atoms with E-state index in [4.69, 9.17) is 28.0 Å². The molecule has 0 radical (unpaired) electrons. The number of halogens is 9. The van der Waals surface area contributed by atoms with Gasteiger partial charge in [-0.05, 0) is 30.3 Å². The lowest BCUT2D eigenvalue weighted by Crippen LogP contribution is -2.61. The van der Waals surface area contributed by atoms with E-state index < -0.39 is 44.8 Å². The second kappa shape index (κ2) is 9.17. The number of alkyl halides is 7. The average molecular weight is 602 g/mol. The first-order chi connectivity index (χ1) is 17.6. The summed E-state index contributed by atoms with van der Waals surface area (Å²) in [5.41, 5.74) is -5.88. The lowest BCUT2D eigenvalue weighted by atomic mass is 9.89. The van der Waals surface area contributed by atoms with Crippen LogP contribution in [0.4, 0.5) is 30.7 Å². The zero-order valence-corrected chi connectivity index (χ0v) is 21.2. The first-order valence-corrected chi connectivity index (χ1v) is 12.9. The van der Waals surface area contributed by atoms with Gasteiger partial charge in [-0.25, -0.2) is 4.39 Å². The third-order valence-corrected chi connectivity index (χ3v) is 8.65. The van der Waals surface area contributed by atoms with Crippen LogP contribution in [-0.4, -0.2) is 46.6 Å². The van der Waals surface area contributed by atoms with Crippen molar-refractivity contribution in [2.75, 3.05) is 24.6 Å². The maximum absolute atomic E-state index is 15.3. The van der Waals surface area contributed by atoms with E-state index in [1.807, 2.05) is 0 Å². The summed E-state index contributed by atoms with van der Waals surface area (Å²) in [6, 6.07) is 3.44. The topological polar surface area (TPSA) is 54.5 Å². The highest BCUT2D eigenvalue weighted by Crippen LogP contribution is 2.50. The average Bonchev–Trinajstić information content (AvgIpc) is 3.24. The molecule has 1 unspecified atom stereocenters. The first kappa shape index (κ1) is 27.4. The van der Waals surface area contributed by atoms with Gasteiger partial charge in [-0.15, -0.1) is 0 Å². The van der Waals surface area contributed by atoms with E-state index in [2.05, 4.69) is 10.5 Å². The highest BCUT2D eigenvalue weighted by molar-refractivity contribution is 8.00. The van der Waals surface area contributed by atoms with Crippen LogP contribution in [-0.2, 0) is 27.1 Å². The van der Waals surface area contributed by atoms with Gasteiger partial charge in [0.05, 0.1) is 46.0 Å². The number of likely N-dealkylation sites (tertiary alicyclic amines) is 1. The number of pyridine rings is 1. The molecule has 4 heterocycles. The molecule has 3 aliphatic heterocycles. The molecule has 15 heteroatoms. The molecule has 0 bridgehead atoms. The van der Waals surface area contributed by atoms with Crippen LogP contribution in [0.5, 0.6) is 0 Å². The minimum absolute atomic E-state index is 0.00538. The maximum atomic E-state index is 15.3. The van der Waals surface area contributed by atoms with Crippen molar-refractivity contribution in [1.82, 2.24) is 15.4 Å². The van der Waals surface area contributed by atoms with Gasteiger partial charge in [0.1, 0.15) is 0 Å². The highest BCUT2D eigenvalue weighted by Gasteiger charge is 2.60. The zero-order chi connectivity index (χ0) is 27.7. The third kappa shape index (κ3) is 4.50. The van der Waals surface area contributed by atoms with Gasteiger partial charge in [0.2, 0.25) is 11.5 Å². The predicted octanol–water partition coefficient (Wildman–Crippen LogP) is 6.11. The molecular weight excluding hydrogens is 586 g/mol. The number of hydrogen-bond donors (Lipinski definition) is 1. The van der Waals surface area contributed by atoms with Crippen molar-refractivity contribution in [3.8, 4) is 0 Å². The monoisotopic (exact) mass is 601 g/mol. The van der Waals surface area contributed by atoms with Crippen molar-refractivity contribution >= 4 is 46.6 Å². The molecule has 1 atom stereocenters. The Morgan fingerprint density at radius 3 is 2.34 bits per heavy atom. The normalized spacial score (nSPS) is 23.4. The fourth-order valence-corrected chi connectivity index (χ4v) is 5.52. The van der Waals surface area contributed by atoms with E-state index in [1.54, 1.807) is 11.8 Å². The Kier molecular flexibility index (Phi) is 6.60. The van der Waals surface area contributed by atoms with Crippen molar-refractivity contribution in [3.05, 3.63) is 69.0 Å². The number of hydroxylamine groups is 1. The van der Waals surface area contributed by atoms with E-state index in [-0.39, 0.29) is 47.9 Å². The first-order valence-electron chi connectivity index (χ1n) is 11.0. The van der Waals surface area contributed by atoms with Crippen molar-refractivity contribution in [1.29, 1.82) is 0 Å². The van der Waals surface area contributed by atoms with Gasteiger partial charge >= 0.3 is 12.4 Å². The largest absolute Gasteiger partial charge is 0.428 e. The molecule has 0 aliphatic carbocycles. The van der Waals surface area contributed by atoms with Gasteiger partial charge in [-0.3, -0.25) is 20.1 Å². The van der Waals surface area contributed by atoms with Gasteiger partial charge in [0, 0.05) is 28.8 Å². The lowest BCUT2D eigenvalue weighted by molar-refractivity contribution is -0.269. The van der Waals surface area contributed by atoms with Crippen molar-refractivity contribution in [2.24, 2.45) is 5.92 Å². The third-order valence-electron chi connectivity index (χ3n) is 6.57. The second-order valence-electron chi connectivity index (χ2n) is 9.14. The molecule has 3 aliphatic rings. The Bertz CT molecular complexity index is 1310. The number of hydrogen-bond acceptors (Lipinski definition) is 5. The summed E-state index contributed by atoms with van der Waals surface area (Å²) in [5, 5.41) is -1.69. The molecule has 204 valence electrons. The van der Waals surface area contributed by atoms with E-state index >= 15 is 4.39 Å². The predicted molar refractivity (Wildman–Crippen MR) is 126 cm³/mol. The van der Waals surface area contributed by atoms with Gasteiger partial charge < -0.3 is 4.90 Å². The van der Waals surface area contributed by atoms with Crippen molar-refractivity contribution in [2.45, 2.75) is 23.6 Å². The SMILES string of the molecule is O=C(C1CSC1)N1CC(F)(c2ccc(C3=CC(c4cc(Cl)c(Cl)c(C(F)(F)F)c4)(C(F)(F)F)ON3)cn2)C1. The summed E-state index contributed by atoms with van der Waals surface area (Å²) in [5.74, 6) is 1.16. The number of carbonyl (C=O) groups is 1. The molecule has 1 aromatic heterocycles. The Labute approximate surface area is 225 Å². The van der Waals surface area contributed by atoms with E-state index in [1.165, 1.54) is 17.0 Å². The van der Waals surface area contributed by atoms with E-state index in [9.17, 15) is 31.1 Å². The Hall–Kier alpha value is -2.22. The minimum Gasteiger partial charge on any atom is -0.335 e. The van der Waals surface area contributed by atoms with Gasteiger partial charge in [0.15, 0.2) is 5.67 Å². The van der Waals surface area contributed by atoms with E-state index in [0.29, 0.717) is 23.6 Å². The quantitative estimate of drug-likeness (QED) is 0.429. The number of amides is 1. The number of aromatic nitrogens is 1. The summed E-state index contributed by atoms with van der Waals surface area (Å²) in [6.07, 6.45) is -8.65. The Balaban J connectivity index is 1.42. The molecule has 1 N–H and O–H groups in total. The summed E-state index contributed by atoms with van der Waals surface area (Å²) in [7, 11) is 0. The van der Waals surface area contributed by atoms with Crippen LogP contribution >= 0.6 is 35.0 Å².